The summed E-state index contributed by atoms with van der Waals surface area (Å²) >= 11 is 5.97. The van der Waals surface area contributed by atoms with E-state index in [1.807, 2.05) is 31.2 Å². The molecule has 3 nitrogen and oxygen atoms in total. The third-order valence-corrected chi connectivity index (χ3v) is 3.64. The Balaban J connectivity index is 2.16. The van der Waals surface area contributed by atoms with Crippen LogP contribution in [0.5, 0.6) is 0 Å². The fraction of sp³-hybridized carbons (Fsp3) is 0.188. The molecule has 0 heterocycles. The Kier molecular flexibility index (Phi) is 4.30. The minimum absolute atomic E-state index is 0.0481. The number of carbonyl (C=O) groups excluding carboxylic acids is 1. The van der Waals surface area contributed by atoms with E-state index in [1.165, 1.54) is 0 Å². The molecule has 0 aliphatic carbocycles. The topological polar surface area (TPSA) is 46.3 Å². The molecule has 0 saturated carbocycles. The van der Waals surface area contributed by atoms with Crippen LogP contribution in [0.15, 0.2) is 42.5 Å². The van der Waals surface area contributed by atoms with Gasteiger partial charge in [-0.15, -0.1) is 0 Å². The average molecular weight is 289 g/mol. The zero-order valence-electron chi connectivity index (χ0n) is 11.6. The Bertz CT molecular complexity index is 640. The summed E-state index contributed by atoms with van der Waals surface area (Å²) in [5, 5.41) is 0.663. The molecule has 0 atom stereocenters. The number of rotatable bonds is 3. The molecule has 2 aromatic carbocycles. The second-order valence-electron chi connectivity index (χ2n) is 4.82. The maximum Gasteiger partial charge on any atom is 0.253 e. The van der Waals surface area contributed by atoms with Crippen LogP contribution < -0.4 is 5.73 Å². The van der Waals surface area contributed by atoms with Crippen molar-refractivity contribution >= 4 is 23.2 Å². The van der Waals surface area contributed by atoms with Crippen molar-refractivity contribution in [3.63, 3.8) is 0 Å². The lowest BCUT2D eigenvalue weighted by atomic mass is 10.1. The molecule has 0 unspecified atom stereocenters. The highest BCUT2D eigenvalue weighted by molar-refractivity contribution is 6.31. The summed E-state index contributed by atoms with van der Waals surface area (Å²) in [6.45, 7) is 2.36. The third kappa shape index (κ3) is 3.11. The predicted octanol–water partition coefficient (Wildman–Crippen LogP) is 3.50. The van der Waals surface area contributed by atoms with Gasteiger partial charge in [-0.1, -0.05) is 29.8 Å². The number of nitrogens with two attached hydrogens (primary N) is 1. The minimum atomic E-state index is -0.0481. The molecule has 0 spiro atoms. The Hall–Kier alpha value is -2.00. The Morgan fingerprint density at radius 1 is 1.25 bits per heavy atom. The van der Waals surface area contributed by atoms with Crippen molar-refractivity contribution in [2.75, 3.05) is 12.8 Å². The zero-order chi connectivity index (χ0) is 14.7. The van der Waals surface area contributed by atoms with Crippen molar-refractivity contribution in [3.8, 4) is 0 Å². The van der Waals surface area contributed by atoms with E-state index in [9.17, 15) is 4.79 Å². The van der Waals surface area contributed by atoms with Crippen molar-refractivity contribution < 1.29 is 4.79 Å². The SMILES string of the molecule is Cc1cc(C(=O)N(C)Cc2ccccc2N)ccc1Cl. The Morgan fingerprint density at radius 2 is 1.95 bits per heavy atom. The molecule has 2 aromatic rings. The summed E-state index contributed by atoms with van der Waals surface area (Å²) in [5.41, 5.74) is 9.05. The largest absolute Gasteiger partial charge is 0.398 e. The van der Waals surface area contributed by atoms with Crippen molar-refractivity contribution in [3.05, 3.63) is 64.2 Å². The molecule has 0 aliphatic rings. The van der Waals surface area contributed by atoms with Gasteiger partial charge in [0.25, 0.3) is 5.91 Å². The van der Waals surface area contributed by atoms with Crippen molar-refractivity contribution in [2.45, 2.75) is 13.5 Å². The number of carbonyl (C=O) groups is 1. The van der Waals surface area contributed by atoms with Gasteiger partial charge in [0.2, 0.25) is 0 Å². The van der Waals surface area contributed by atoms with Gasteiger partial charge in [0, 0.05) is 29.9 Å². The molecule has 0 radical (unpaired) electrons. The molecular weight excluding hydrogens is 272 g/mol. The van der Waals surface area contributed by atoms with Gasteiger partial charge in [-0.3, -0.25) is 4.79 Å². The summed E-state index contributed by atoms with van der Waals surface area (Å²) in [7, 11) is 1.76. The summed E-state index contributed by atoms with van der Waals surface area (Å²) in [4.78, 5) is 14.0. The smallest absolute Gasteiger partial charge is 0.253 e. The van der Waals surface area contributed by atoms with E-state index in [0.29, 0.717) is 22.8 Å². The predicted molar refractivity (Wildman–Crippen MR) is 82.8 cm³/mol. The maximum atomic E-state index is 12.4. The number of anilines is 1. The van der Waals surface area contributed by atoms with Crippen LogP contribution in [0.4, 0.5) is 5.69 Å². The number of amides is 1. The number of nitrogens with zero attached hydrogens (tertiary/aromatic N) is 1. The number of aryl methyl sites for hydroxylation is 1. The first-order valence-corrected chi connectivity index (χ1v) is 6.72. The van der Waals surface area contributed by atoms with E-state index < -0.39 is 0 Å². The second-order valence-corrected chi connectivity index (χ2v) is 5.23. The Labute approximate surface area is 124 Å². The van der Waals surface area contributed by atoms with Gasteiger partial charge in [-0.25, -0.2) is 0 Å². The first-order valence-electron chi connectivity index (χ1n) is 6.34. The maximum absolute atomic E-state index is 12.4. The van der Waals surface area contributed by atoms with Crippen LogP contribution in [0.1, 0.15) is 21.5 Å². The normalized spacial score (nSPS) is 10.3. The van der Waals surface area contributed by atoms with E-state index in [4.69, 9.17) is 17.3 Å². The highest BCUT2D eigenvalue weighted by Gasteiger charge is 2.13. The molecule has 0 fully saturated rings. The molecule has 2 N–H and O–H groups in total. The number of nitrogen functional groups attached to an aromatic ring is 1. The van der Waals surface area contributed by atoms with Crippen molar-refractivity contribution in [1.29, 1.82) is 0 Å². The van der Waals surface area contributed by atoms with Crippen LogP contribution in [0, 0.1) is 6.92 Å². The Morgan fingerprint density at radius 3 is 2.60 bits per heavy atom. The highest BCUT2D eigenvalue weighted by atomic mass is 35.5. The molecule has 0 bridgehead atoms. The first-order chi connectivity index (χ1) is 9.49. The van der Waals surface area contributed by atoms with Crippen LogP contribution in [0.3, 0.4) is 0 Å². The number of halogens is 1. The third-order valence-electron chi connectivity index (χ3n) is 3.21. The van der Waals surface area contributed by atoms with E-state index in [1.54, 1.807) is 30.1 Å². The fourth-order valence-corrected chi connectivity index (χ4v) is 2.12. The van der Waals surface area contributed by atoms with E-state index in [-0.39, 0.29) is 5.91 Å². The van der Waals surface area contributed by atoms with Crippen LogP contribution >= 0.6 is 11.6 Å². The molecular formula is C16H17ClN2O. The number of para-hydroxylation sites is 1. The van der Waals surface area contributed by atoms with Crippen LogP contribution in [0.2, 0.25) is 5.02 Å². The molecule has 1 amide bonds. The second kappa shape index (κ2) is 5.97. The summed E-state index contributed by atoms with van der Waals surface area (Å²) < 4.78 is 0. The molecule has 20 heavy (non-hydrogen) atoms. The van der Waals surface area contributed by atoms with Gasteiger partial charge in [-0.2, -0.15) is 0 Å². The van der Waals surface area contributed by atoms with Gasteiger partial charge in [-0.05, 0) is 42.3 Å². The van der Waals surface area contributed by atoms with Crippen LogP contribution in [-0.4, -0.2) is 17.9 Å². The van der Waals surface area contributed by atoms with Gasteiger partial charge in [0.1, 0.15) is 0 Å². The standard InChI is InChI=1S/C16H17ClN2O/c1-11-9-12(7-8-14(11)17)16(20)19(2)10-13-5-3-4-6-15(13)18/h3-9H,10,18H2,1-2H3. The zero-order valence-corrected chi connectivity index (χ0v) is 12.3. The van der Waals surface area contributed by atoms with Gasteiger partial charge in [0.05, 0.1) is 0 Å². The molecule has 4 heteroatoms. The highest BCUT2D eigenvalue weighted by Crippen LogP contribution is 2.19. The summed E-state index contributed by atoms with van der Waals surface area (Å²) in [6.07, 6.45) is 0. The molecule has 0 saturated heterocycles. The van der Waals surface area contributed by atoms with Crippen LogP contribution in [-0.2, 0) is 6.54 Å². The quantitative estimate of drug-likeness (QED) is 0.879. The van der Waals surface area contributed by atoms with Crippen LogP contribution in [0.25, 0.3) is 0 Å². The lowest BCUT2D eigenvalue weighted by Gasteiger charge is -2.18. The lowest BCUT2D eigenvalue weighted by molar-refractivity contribution is 0.0785. The average Bonchev–Trinajstić information content (AvgIpc) is 2.43. The van der Waals surface area contributed by atoms with Gasteiger partial charge >= 0.3 is 0 Å². The first kappa shape index (κ1) is 14.4. The minimum Gasteiger partial charge on any atom is -0.398 e. The van der Waals surface area contributed by atoms with Crippen molar-refractivity contribution in [2.24, 2.45) is 0 Å². The van der Waals surface area contributed by atoms with Gasteiger partial charge < -0.3 is 10.6 Å². The number of benzene rings is 2. The van der Waals surface area contributed by atoms with E-state index >= 15 is 0 Å². The fourth-order valence-electron chi connectivity index (χ4n) is 2.00. The van der Waals surface area contributed by atoms with E-state index in [2.05, 4.69) is 0 Å². The molecule has 2 rings (SSSR count). The van der Waals surface area contributed by atoms with E-state index in [0.717, 1.165) is 11.1 Å². The molecule has 104 valence electrons. The van der Waals surface area contributed by atoms with Crippen molar-refractivity contribution in [1.82, 2.24) is 4.90 Å². The van der Waals surface area contributed by atoms with Gasteiger partial charge in [0.15, 0.2) is 0 Å². The molecule has 0 aromatic heterocycles. The number of hydrogen-bond acceptors (Lipinski definition) is 2. The summed E-state index contributed by atoms with van der Waals surface area (Å²) in [6, 6.07) is 12.8. The monoisotopic (exact) mass is 288 g/mol. The molecule has 0 aliphatic heterocycles. The lowest BCUT2D eigenvalue weighted by Crippen LogP contribution is -2.26. The number of hydrogen-bond donors (Lipinski definition) is 1. The summed E-state index contributed by atoms with van der Waals surface area (Å²) in [5.74, 6) is -0.0481.